The van der Waals surface area contributed by atoms with Gasteiger partial charge in [-0.3, -0.25) is 15.6 Å². The molecule has 0 aliphatic rings. The first-order valence-electron chi connectivity index (χ1n) is 8.08. The Morgan fingerprint density at radius 2 is 1.56 bits per heavy atom. The number of thiocarbonyl (C=S) groups is 1. The van der Waals surface area contributed by atoms with Crippen molar-refractivity contribution in [3.63, 3.8) is 0 Å². The van der Waals surface area contributed by atoms with Crippen molar-refractivity contribution in [1.82, 2.24) is 10.9 Å². The highest BCUT2D eigenvalue weighted by Gasteiger charge is 2.12. The molecule has 3 aromatic carbocycles. The van der Waals surface area contributed by atoms with Crippen molar-refractivity contribution in [3.8, 4) is 22.6 Å². The van der Waals surface area contributed by atoms with Crippen LogP contribution in [0.5, 0.6) is 11.5 Å². The van der Waals surface area contributed by atoms with Gasteiger partial charge in [0.15, 0.2) is 5.11 Å². The van der Waals surface area contributed by atoms with E-state index in [-0.39, 0.29) is 22.2 Å². The quantitative estimate of drug-likeness (QED) is 0.272. The lowest BCUT2D eigenvalue weighted by atomic mass is 10.0. The molecule has 7 heteroatoms. The van der Waals surface area contributed by atoms with Crippen LogP contribution in [0.25, 0.3) is 11.1 Å². The molecule has 0 radical (unpaired) electrons. The molecular weight excluding hydrogens is 362 g/mol. The Morgan fingerprint density at radius 3 is 2.33 bits per heavy atom. The molecule has 0 aliphatic heterocycles. The number of rotatable bonds is 3. The maximum Gasteiger partial charge on any atom is 0.273 e. The van der Waals surface area contributed by atoms with Gasteiger partial charge >= 0.3 is 0 Å². The van der Waals surface area contributed by atoms with Crippen molar-refractivity contribution in [1.29, 1.82) is 0 Å². The fourth-order valence-electron chi connectivity index (χ4n) is 2.50. The summed E-state index contributed by atoms with van der Waals surface area (Å²) in [6.07, 6.45) is 0. The molecule has 3 aromatic rings. The van der Waals surface area contributed by atoms with Crippen molar-refractivity contribution >= 4 is 28.9 Å². The molecule has 0 atom stereocenters. The van der Waals surface area contributed by atoms with Gasteiger partial charge in [0.2, 0.25) is 0 Å². The summed E-state index contributed by atoms with van der Waals surface area (Å²) < 4.78 is 0. The predicted octanol–water partition coefficient (Wildman–Crippen LogP) is 3.40. The summed E-state index contributed by atoms with van der Waals surface area (Å²) in [5.41, 5.74) is 7.65. The Kier molecular flexibility index (Phi) is 5.53. The summed E-state index contributed by atoms with van der Waals surface area (Å²) in [4.78, 5) is 12.1. The number of hydrogen-bond acceptors (Lipinski definition) is 4. The van der Waals surface area contributed by atoms with Crippen LogP contribution in [0.15, 0.2) is 72.8 Å². The van der Waals surface area contributed by atoms with Crippen molar-refractivity contribution in [3.05, 3.63) is 78.4 Å². The van der Waals surface area contributed by atoms with E-state index in [9.17, 15) is 15.0 Å². The average molecular weight is 379 g/mol. The van der Waals surface area contributed by atoms with Crippen LogP contribution in [-0.2, 0) is 0 Å². The number of hydrogen-bond donors (Lipinski definition) is 5. The molecule has 0 saturated carbocycles. The zero-order valence-corrected chi connectivity index (χ0v) is 15.0. The first kappa shape index (κ1) is 18.2. The molecule has 1 amide bonds. The van der Waals surface area contributed by atoms with Gasteiger partial charge in [-0.2, -0.15) is 0 Å². The van der Waals surface area contributed by atoms with Crippen LogP contribution in [0.3, 0.4) is 0 Å². The van der Waals surface area contributed by atoms with E-state index in [1.807, 2.05) is 54.6 Å². The van der Waals surface area contributed by atoms with Crippen LogP contribution < -0.4 is 16.2 Å². The first-order valence-corrected chi connectivity index (χ1v) is 8.49. The third kappa shape index (κ3) is 4.53. The number of hydrazine groups is 1. The topological polar surface area (TPSA) is 93.6 Å². The second-order valence-corrected chi connectivity index (χ2v) is 6.05. The minimum absolute atomic E-state index is 0.0741. The molecule has 0 aromatic heterocycles. The molecule has 3 rings (SSSR count). The predicted molar refractivity (Wildman–Crippen MR) is 108 cm³/mol. The van der Waals surface area contributed by atoms with E-state index >= 15 is 0 Å². The Morgan fingerprint density at radius 1 is 0.852 bits per heavy atom. The zero-order chi connectivity index (χ0) is 19.2. The van der Waals surface area contributed by atoms with Crippen LogP contribution >= 0.6 is 12.2 Å². The molecule has 0 aliphatic carbocycles. The number of anilines is 1. The number of aromatic hydroxyl groups is 2. The zero-order valence-electron chi connectivity index (χ0n) is 14.1. The molecule has 27 heavy (non-hydrogen) atoms. The van der Waals surface area contributed by atoms with E-state index in [4.69, 9.17) is 12.2 Å². The van der Waals surface area contributed by atoms with E-state index < -0.39 is 5.91 Å². The van der Waals surface area contributed by atoms with Gasteiger partial charge in [0.05, 0.1) is 5.56 Å². The summed E-state index contributed by atoms with van der Waals surface area (Å²) >= 11 is 5.22. The van der Waals surface area contributed by atoms with Gasteiger partial charge in [-0.05, 0) is 42.0 Å². The van der Waals surface area contributed by atoms with E-state index in [2.05, 4.69) is 16.2 Å². The number of benzene rings is 3. The Hall–Kier alpha value is -3.58. The van der Waals surface area contributed by atoms with Crippen molar-refractivity contribution in [2.24, 2.45) is 0 Å². The number of carbonyl (C=O) groups excluding carboxylic acids is 1. The summed E-state index contributed by atoms with van der Waals surface area (Å²) in [7, 11) is 0. The van der Waals surface area contributed by atoms with Gasteiger partial charge in [-0.1, -0.05) is 48.5 Å². The average Bonchev–Trinajstić information content (AvgIpc) is 2.69. The number of carbonyl (C=O) groups is 1. The molecule has 6 nitrogen and oxygen atoms in total. The third-order valence-corrected chi connectivity index (χ3v) is 3.98. The van der Waals surface area contributed by atoms with Crippen LogP contribution in [-0.4, -0.2) is 21.2 Å². The first-order chi connectivity index (χ1) is 13.0. The number of para-hydroxylation sites is 1. The molecule has 0 heterocycles. The lowest BCUT2D eigenvalue weighted by Gasteiger charge is -2.15. The van der Waals surface area contributed by atoms with Crippen molar-refractivity contribution < 1.29 is 15.0 Å². The van der Waals surface area contributed by atoms with Gasteiger partial charge in [-0.15, -0.1) is 0 Å². The van der Waals surface area contributed by atoms with Crippen LogP contribution in [0.1, 0.15) is 10.4 Å². The summed E-state index contributed by atoms with van der Waals surface area (Å²) in [5, 5.41) is 22.4. The second-order valence-electron chi connectivity index (χ2n) is 5.65. The number of phenolic OH excluding ortho intramolecular Hbond substituents is 2. The lowest BCUT2D eigenvalue weighted by molar-refractivity contribution is 0.0941. The fourth-order valence-corrected chi connectivity index (χ4v) is 2.66. The highest BCUT2D eigenvalue weighted by Crippen LogP contribution is 2.27. The van der Waals surface area contributed by atoms with Crippen LogP contribution in [0.2, 0.25) is 0 Å². The lowest BCUT2D eigenvalue weighted by Crippen LogP contribution is -2.43. The third-order valence-electron chi connectivity index (χ3n) is 3.77. The SMILES string of the molecule is O=C(NNC(=S)Nc1ccccc1-c1ccccc1)c1cc(O)ccc1O. The number of phenols is 2. The molecule has 0 unspecified atom stereocenters. The van der Waals surface area contributed by atoms with Gasteiger partial charge in [0, 0.05) is 11.3 Å². The number of nitrogens with one attached hydrogen (secondary N) is 3. The highest BCUT2D eigenvalue weighted by molar-refractivity contribution is 7.80. The van der Waals surface area contributed by atoms with Crippen molar-refractivity contribution in [2.45, 2.75) is 0 Å². The van der Waals surface area contributed by atoms with E-state index in [1.165, 1.54) is 12.1 Å². The molecule has 0 fully saturated rings. The standard InChI is InChI=1S/C20H17N3O3S/c24-14-10-11-18(25)16(12-14)19(26)22-23-20(27)21-17-9-5-4-8-15(17)13-6-2-1-3-7-13/h1-12,24-25H,(H,22,26)(H2,21,23,27). The van der Waals surface area contributed by atoms with Crippen LogP contribution in [0, 0.1) is 0 Å². The van der Waals surface area contributed by atoms with Gasteiger partial charge in [0.25, 0.3) is 5.91 Å². The minimum Gasteiger partial charge on any atom is -0.508 e. The van der Waals surface area contributed by atoms with Gasteiger partial charge < -0.3 is 15.5 Å². The molecule has 0 saturated heterocycles. The highest BCUT2D eigenvalue weighted by atomic mass is 32.1. The normalized spacial score (nSPS) is 10.1. The molecule has 5 N–H and O–H groups in total. The maximum atomic E-state index is 12.1. The molecule has 0 bridgehead atoms. The minimum atomic E-state index is -0.635. The molecule has 136 valence electrons. The number of amides is 1. The van der Waals surface area contributed by atoms with E-state index in [0.717, 1.165) is 22.9 Å². The van der Waals surface area contributed by atoms with Gasteiger partial charge in [0.1, 0.15) is 11.5 Å². The molecule has 0 spiro atoms. The Bertz CT molecular complexity index is 977. The molecular formula is C20H17N3O3S. The fraction of sp³-hybridized carbons (Fsp3) is 0. The van der Waals surface area contributed by atoms with Crippen LogP contribution in [0.4, 0.5) is 5.69 Å². The van der Waals surface area contributed by atoms with E-state index in [0.29, 0.717) is 0 Å². The maximum absolute atomic E-state index is 12.1. The smallest absolute Gasteiger partial charge is 0.273 e. The summed E-state index contributed by atoms with van der Waals surface area (Å²) in [6, 6.07) is 21.1. The summed E-state index contributed by atoms with van der Waals surface area (Å²) in [6.45, 7) is 0. The van der Waals surface area contributed by atoms with E-state index in [1.54, 1.807) is 0 Å². The Labute approximate surface area is 161 Å². The second kappa shape index (κ2) is 8.20. The van der Waals surface area contributed by atoms with Crippen molar-refractivity contribution in [2.75, 3.05) is 5.32 Å². The van der Waals surface area contributed by atoms with Gasteiger partial charge in [-0.25, -0.2) is 0 Å². The monoisotopic (exact) mass is 379 g/mol. The largest absolute Gasteiger partial charge is 0.508 e. The Balaban J connectivity index is 1.67. The summed E-state index contributed by atoms with van der Waals surface area (Å²) in [5.74, 6) is -1.01.